The van der Waals surface area contributed by atoms with Crippen LogP contribution in [-0.2, 0) is 4.79 Å². The topological polar surface area (TPSA) is 46.3 Å². The zero-order valence-electron chi connectivity index (χ0n) is 14.8. The van der Waals surface area contributed by atoms with Gasteiger partial charge in [-0.2, -0.15) is 0 Å². The van der Waals surface area contributed by atoms with Gasteiger partial charge in [0, 0.05) is 25.6 Å². The van der Waals surface area contributed by atoms with Crippen molar-refractivity contribution in [1.29, 1.82) is 0 Å². The van der Waals surface area contributed by atoms with E-state index in [2.05, 4.69) is 4.90 Å². The third kappa shape index (κ3) is 2.80. The number of rotatable bonds is 2. The molecular formula is C20H33ClN2O. The van der Waals surface area contributed by atoms with E-state index < -0.39 is 0 Å². The highest BCUT2D eigenvalue weighted by Gasteiger charge is 2.52. The Labute approximate surface area is 152 Å². The molecule has 3 atom stereocenters. The Morgan fingerprint density at radius 1 is 1.00 bits per heavy atom. The molecule has 5 aliphatic carbocycles. The van der Waals surface area contributed by atoms with Gasteiger partial charge >= 0.3 is 0 Å². The van der Waals surface area contributed by atoms with E-state index in [0.717, 1.165) is 43.7 Å². The number of nitrogens with two attached hydrogens (primary N) is 1. The highest BCUT2D eigenvalue weighted by Crippen LogP contribution is 2.61. The second-order valence-corrected chi connectivity index (χ2v) is 9.91. The SMILES string of the molecule is Cl.NC1CCCC2CN(C(=O)CC34CC5CC(CC(C5)C3)C4)CC12. The van der Waals surface area contributed by atoms with Crippen molar-refractivity contribution in [2.75, 3.05) is 13.1 Å². The fraction of sp³-hybridized carbons (Fsp3) is 0.950. The number of carbonyl (C=O) groups excluding carboxylic acids is 1. The molecular weight excluding hydrogens is 320 g/mol. The first-order valence-electron chi connectivity index (χ1n) is 10.1. The van der Waals surface area contributed by atoms with Crippen molar-refractivity contribution >= 4 is 18.3 Å². The lowest BCUT2D eigenvalue weighted by Crippen LogP contribution is -2.48. The van der Waals surface area contributed by atoms with Gasteiger partial charge in [0.05, 0.1) is 0 Å². The summed E-state index contributed by atoms with van der Waals surface area (Å²) in [5, 5.41) is 0. The van der Waals surface area contributed by atoms with Crippen molar-refractivity contribution in [3.05, 3.63) is 0 Å². The van der Waals surface area contributed by atoms with Gasteiger partial charge in [-0.05, 0) is 86.4 Å². The average molecular weight is 353 g/mol. The van der Waals surface area contributed by atoms with E-state index in [1.807, 2.05) is 0 Å². The molecule has 2 N–H and O–H groups in total. The Bertz CT molecular complexity index is 473. The van der Waals surface area contributed by atoms with Gasteiger partial charge in [-0.25, -0.2) is 0 Å². The predicted octanol–water partition coefficient (Wildman–Crippen LogP) is 3.60. The van der Waals surface area contributed by atoms with Gasteiger partial charge in [0.2, 0.25) is 5.91 Å². The summed E-state index contributed by atoms with van der Waals surface area (Å²) >= 11 is 0. The van der Waals surface area contributed by atoms with Crippen LogP contribution in [0.15, 0.2) is 0 Å². The van der Waals surface area contributed by atoms with Crippen LogP contribution in [-0.4, -0.2) is 29.9 Å². The van der Waals surface area contributed by atoms with Crippen molar-refractivity contribution in [3.8, 4) is 0 Å². The molecule has 6 aliphatic rings. The normalized spacial score (nSPS) is 49.0. The maximum atomic E-state index is 13.1. The molecule has 1 saturated heterocycles. The monoisotopic (exact) mass is 352 g/mol. The van der Waals surface area contributed by atoms with Crippen molar-refractivity contribution in [3.63, 3.8) is 0 Å². The van der Waals surface area contributed by atoms with Crippen LogP contribution < -0.4 is 5.73 Å². The third-order valence-electron chi connectivity index (χ3n) is 8.20. The summed E-state index contributed by atoms with van der Waals surface area (Å²) < 4.78 is 0. The molecule has 5 saturated carbocycles. The molecule has 0 radical (unpaired) electrons. The molecule has 0 aromatic carbocycles. The van der Waals surface area contributed by atoms with Crippen LogP contribution in [0.5, 0.6) is 0 Å². The second kappa shape index (κ2) is 6.16. The van der Waals surface area contributed by atoms with E-state index in [-0.39, 0.29) is 12.4 Å². The van der Waals surface area contributed by atoms with E-state index in [9.17, 15) is 4.79 Å². The molecule has 1 aliphatic heterocycles. The summed E-state index contributed by atoms with van der Waals surface area (Å²) in [5.41, 5.74) is 6.72. The van der Waals surface area contributed by atoms with E-state index in [4.69, 9.17) is 5.73 Å². The number of halogens is 1. The van der Waals surface area contributed by atoms with Gasteiger partial charge in [0.25, 0.3) is 0 Å². The predicted molar refractivity (Wildman–Crippen MR) is 97.9 cm³/mol. The van der Waals surface area contributed by atoms with Gasteiger partial charge in [0.15, 0.2) is 0 Å². The number of hydrogen-bond acceptors (Lipinski definition) is 2. The van der Waals surface area contributed by atoms with Crippen molar-refractivity contribution in [2.24, 2.45) is 40.7 Å². The van der Waals surface area contributed by atoms with Gasteiger partial charge in [0.1, 0.15) is 0 Å². The molecule has 1 heterocycles. The van der Waals surface area contributed by atoms with Gasteiger partial charge in [-0.3, -0.25) is 4.79 Å². The molecule has 0 spiro atoms. The zero-order chi connectivity index (χ0) is 15.6. The third-order valence-corrected chi connectivity index (χ3v) is 8.20. The number of nitrogens with zero attached hydrogens (tertiary/aromatic N) is 1. The lowest BCUT2D eigenvalue weighted by atomic mass is 9.49. The molecule has 3 nitrogen and oxygen atoms in total. The average Bonchev–Trinajstić information content (AvgIpc) is 2.91. The van der Waals surface area contributed by atoms with Crippen LogP contribution in [0.3, 0.4) is 0 Å². The molecule has 3 unspecified atom stereocenters. The van der Waals surface area contributed by atoms with Gasteiger partial charge < -0.3 is 10.6 Å². The van der Waals surface area contributed by atoms with Crippen LogP contribution in [0, 0.1) is 35.0 Å². The van der Waals surface area contributed by atoms with Gasteiger partial charge in [-0.1, -0.05) is 6.42 Å². The lowest BCUT2D eigenvalue weighted by molar-refractivity contribution is -0.138. The molecule has 6 rings (SSSR count). The summed E-state index contributed by atoms with van der Waals surface area (Å²) in [6.07, 6.45) is 13.0. The molecule has 4 bridgehead atoms. The quantitative estimate of drug-likeness (QED) is 0.825. The van der Waals surface area contributed by atoms with Crippen molar-refractivity contribution < 1.29 is 4.79 Å². The van der Waals surface area contributed by atoms with Crippen LogP contribution in [0.1, 0.15) is 64.2 Å². The number of hydrogen-bond donors (Lipinski definition) is 1. The second-order valence-electron chi connectivity index (χ2n) is 9.91. The number of carbonyl (C=O) groups is 1. The minimum absolute atomic E-state index is 0. The largest absolute Gasteiger partial charge is 0.342 e. The molecule has 0 aromatic rings. The summed E-state index contributed by atoms with van der Waals surface area (Å²) in [6, 6.07) is 0.339. The Kier molecular flexibility index (Phi) is 4.40. The molecule has 4 heteroatoms. The van der Waals surface area contributed by atoms with Crippen molar-refractivity contribution in [2.45, 2.75) is 70.3 Å². The molecule has 136 valence electrons. The highest BCUT2D eigenvalue weighted by molar-refractivity contribution is 5.85. The summed E-state index contributed by atoms with van der Waals surface area (Å²) in [6.45, 7) is 1.96. The Morgan fingerprint density at radius 2 is 1.62 bits per heavy atom. The molecule has 0 aromatic heterocycles. The highest BCUT2D eigenvalue weighted by atomic mass is 35.5. The maximum absolute atomic E-state index is 13.1. The minimum Gasteiger partial charge on any atom is -0.342 e. The van der Waals surface area contributed by atoms with E-state index in [0.29, 0.717) is 29.2 Å². The van der Waals surface area contributed by atoms with Crippen LogP contribution in [0.2, 0.25) is 0 Å². The van der Waals surface area contributed by atoms with Crippen LogP contribution >= 0.6 is 12.4 Å². The smallest absolute Gasteiger partial charge is 0.223 e. The fourth-order valence-electron chi connectivity index (χ4n) is 7.66. The van der Waals surface area contributed by atoms with E-state index in [1.165, 1.54) is 51.4 Å². The zero-order valence-corrected chi connectivity index (χ0v) is 15.6. The van der Waals surface area contributed by atoms with Gasteiger partial charge in [-0.15, -0.1) is 12.4 Å². The van der Waals surface area contributed by atoms with E-state index >= 15 is 0 Å². The maximum Gasteiger partial charge on any atom is 0.223 e. The van der Waals surface area contributed by atoms with Crippen LogP contribution in [0.4, 0.5) is 0 Å². The molecule has 24 heavy (non-hydrogen) atoms. The Hall–Kier alpha value is -0.280. The Balaban J connectivity index is 0.00000146. The van der Waals surface area contributed by atoms with Crippen LogP contribution in [0.25, 0.3) is 0 Å². The van der Waals surface area contributed by atoms with E-state index in [1.54, 1.807) is 0 Å². The molecule has 1 amide bonds. The number of amides is 1. The molecule has 6 fully saturated rings. The lowest BCUT2D eigenvalue weighted by Gasteiger charge is -2.56. The number of likely N-dealkylation sites (tertiary alicyclic amines) is 1. The minimum atomic E-state index is 0. The Morgan fingerprint density at radius 3 is 2.21 bits per heavy atom. The summed E-state index contributed by atoms with van der Waals surface area (Å²) in [5.74, 6) is 4.59. The standard InChI is InChI=1S/C20H32N2O.ClH/c21-18-3-1-2-16-11-22(12-17(16)18)19(23)10-20-7-13-4-14(8-20)6-15(5-13)9-20;/h13-18H,1-12,21H2;1H. The summed E-state index contributed by atoms with van der Waals surface area (Å²) in [7, 11) is 0. The fourth-order valence-corrected chi connectivity index (χ4v) is 7.66. The summed E-state index contributed by atoms with van der Waals surface area (Å²) in [4.78, 5) is 15.3. The number of fused-ring (bicyclic) bond motifs is 1. The first-order valence-corrected chi connectivity index (χ1v) is 10.1. The first-order chi connectivity index (χ1) is 11.1. The van der Waals surface area contributed by atoms with Crippen molar-refractivity contribution in [1.82, 2.24) is 4.90 Å². The first kappa shape index (κ1) is 17.1.